The van der Waals surface area contributed by atoms with Crippen molar-refractivity contribution in [2.45, 2.75) is 47.0 Å². The van der Waals surface area contributed by atoms with Crippen molar-refractivity contribution in [2.75, 3.05) is 0 Å². The average molecular weight is 154 g/mol. The summed E-state index contributed by atoms with van der Waals surface area (Å²) >= 11 is 0. The Balaban J connectivity index is 3.14. The van der Waals surface area contributed by atoms with Gasteiger partial charge in [0, 0.05) is 0 Å². The monoisotopic (exact) mass is 154 g/mol. The molecule has 0 radical (unpaired) electrons. The van der Waals surface area contributed by atoms with Crippen molar-refractivity contribution in [3.8, 4) is 0 Å². The molecule has 0 aromatic heterocycles. The highest BCUT2D eigenvalue weighted by molar-refractivity contribution is 4.84. The quantitative estimate of drug-likeness (QED) is 0.414. The summed E-state index contributed by atoms with van der Waals surface area (Å²) in [6.07, 6.45) is 8.58. The fraction of sp³-hybridized carbons (Fsp3) is 0.818. The van der Waals surface area contributed by atoms with Gasteiger partial charge in [0.1, 0.15) is 0 Å². The molecule has 0 N–H and O–H groups in total. The number of hydrogen-bond donors (Lipinski definition) is 0. The van der Waals surface area contributed by atoms with Gasteiger partial charge in [0.25, 0.3) is 0 Å². The second kappa shape index (κ2) is 6.45. The van der Waals surface area contributed by atoms with Crippen molar-refractivity contribution in [1.82, 2.24) is 0 Å². The molecule has 0 rings (SSSR count). The third-order valence-corrected chi connectivity index (χ3v) is 1.67. The van der Waals surface area contributed by atoms with E-state index in [2.05, 4.69) is 39.8 Å². The van der Waals surface area contributed by atoms with Crippen molar-refractivity contribution in [3.05, 3.63) is 12.2 Å². The predicted molar refractivity (Wildman–Crippen MR) is 52.7 cm³/mol. The Bertz CT molecular complexity index is 98.6. The van der Waals surface area contributed by atoms with Gasteiger partial charge < -0.3 is 0 Å². The van der Waals surface area contributed by atoms with Crippen LogP contribution in [0.1, 0.15) is 47.0 Å². The van der Waals surface area contributed by atoms with Crippen molar-refractivity contribution < 1.29 is 0 Å². The van der Waals surface area contributed by atoms with Crippen molar-refractivity contribution in [1.29, 1.82) is 0 Å². The Morgan fingerprint density at radius 3 is 2.18 bits per heavy atom. The highest BCUT2D eigenvalue weighted by atomic mass is 14.0. The molecule has 66 valence electrons. The van der Waals surface area contributed by atoms with E-state index < -0.39 is 0 Å². The summed E-state index contributed by atoms with van der Waals surface area (Å²) in [4.78, 5) is 0. The van der Waals surface area contributed by atoms with E-state index in [1.165, 1.54) is 19.3 Å². The van der Waals surface area contributed by atoms with E-state index in [9.17, 15) is 0 Å². The van der Waals surface area contributed by atoms with Gasteiger partial charge >= 0.3 is 0 Å². The zero-order chi connectivity index (χ0) is 8.69. The van der Waals surface area contributed by atoms with Crippen molar-refractivity contribution in [2.24, 2.45) is 11.8 Å². The second-order valence-corrected chi connectivity index (χ2v) is 4.00. The largest absolute Gasteiger partial charge is 0.0883 e. The summed E-state index contributed by atoms with van der Waals surface area (Å²) in [7, 11) is 0. The van der Waals surface area contributed by atoms with E-state index in [0.29, 0.717) is 5.92 Å². The summed E-state index contributed by atoms with van der Waals surface area (Å²) in [5, 5.41) is 0. The van der Waals surface area contributed by atoms with Crippen LogP contribution in [0, 0.1) is 11.8 Å². The first-order valence-corrected chi connectivity index (χ1v) is 4.79. The second-order valence-electron chi connectivity index (χ2n) is 4.00. The van der Waals surface area contributed by atoms with Crippen LogP contribution in [0.3, 0.4) is 0 Å². The highest BCUT2D eigenvalue weighted by Crippen LogP contribution is 2.07. The number of allylic oxidation sites excluding steroid dienone is 2. The molecule has 0 aliphatic heterocycles. The first kappa shape index (κ1) is 10.7. The minimum atomic E-state index is 0.717. The van der Waals surface area contributed by atoms with Gasteiger partial charge in [-0.1, -0.05) is 46.3 Å². The normalized spacial score (nSPS) is 12.2. The van der Waals surface area contributed by atoms with Gasteiger partial charge in [-0.15, -0.1) is 0 Å². The summed E-state index contributed by atoms with van der Waals surface area (Å²) < 4.78 is 0. The first-order chi connectivity index (χ1) is 5.13. The molecule has 0 unspecified atom stereocenters. The van der Waals surface area contributed by atoms with Gasteiger partial charge in [-0.3, -0.25) is 0 Å². The number of hydrogen-bond acceptors (Lipinski definition) is 0. The third kappa shape index (κ3) is 9.74. The molecule has 0 aromatic rings. The van der Waals surface area contributed by atoms with Crippen molar-refractivity contribution in [3.63, 3.8) is 0 Å². The van der Waals surface area contributed by atoms with Crippen LogP contribution in [0.25, 0.3) is 0 Å². The number of unbranched alkanes of at least 4 members (excludes halogenated alkanes) is 1. The van der Waals surface area contributed by atoms with E-state index in [1.54, 1.807) is 0 Å². The van der Waals surface area contributed by atoms with E-state index in [4.69, 9.17) is 0 Å². The smallest absolute Gasteiger partial charge is 0.0290 e. The third-order valence-electron chi connectivity index (χ3n) is 1.67. The Hall–Kier alpha value is -0.260. The number of rotatable bonds is 5. The average Bonchev–Trinajstić information content (AvgIpc) is 1.85. The van der Waals surface area contributed by atoms with Crippen LogP contribution in [-0.2, 0) is 0 Å². The van der Waals surface area contributed by atoms with Crippen LogP contribution in [0.5, 0.6) is 0 Å². The molecule has 0 saturated carbocycles. The molecule has 0 spiro atoms. The molecule has 0 bridgehead atoms. The van der Waals surface area contributed by atoms with Gasteiger partial charge in [-0.05, 0) is 24.7 Å². The highest BCUT2D eigenvalue weighted by Gasteiger charge is 1.91. The lowest BCUT2D eigenvalue weighted by Gasteiger charge is -2.00. The molecule has 0 aliphatic rings. The molecule has 0 aromatic carbocycles. The molecule has 0 atom stereocenters. The zero-order valence-corrected chi connectivity index (χ0v) is 8.43. The maximum atomic E-state index is 2.31. The molecule has 0 heterocycles. The lowest BCUT2D eigenvalue weighted by Crippen LogP contribution is -1.85. The minimum Gasteiger partial charge on any atom is -0.0883 e. The first-order valence-electron chi connectivity index (χ1n) is 4.79. The fourth-order valence-electron chi connectivity index (χ4n) is 1.01. The molecular formula is C11H22. The lowest BCUT2D eigenvalue weighted by atomic mass is 10.1. The van der Waals surface area contributed by atoms with E-state index >= 15 is 0 Å². The van der Waals surface area contributed by atoms with E-state index in [0.717, 1.165) is 5.92 Å². The van der Waals surface area contributed by atoms with Crippen LogP contribution in [0.2, 0.25) is 0 Å². The lowest BCUT2D eigenvalue weighted by molar-refractivity contribution is 0.559. The Morgan fingerprint density at radius 2 is 1.73 bits per heavy atom. The minimum absolute atomic E-state index is 0.717. The SMILES string of the molecule is CC(C)/C=C\CCCC(C)C. The van der Waals surface area contributed by atoms with Crippen LogP contribution in [0.4, 0.5) is 0 Å². The molecule has 11 heavy (non-hydrogen) atoms. The molecule has 0 amide bonds. The topological polar surface area (TPSA) is 0 Å². The van der Waals surface area contributed by atoms with E-state index in [-0.39, 0.29) is 0 Å². The molecule has 0 saturated heterocycles. The van der Waals surface area contributed by atoms with Gasteiger partial charge in [0.2, 0.25) is 0 Å². The summed E-state index contributed by atoms with van der Waals surface area (Å²) in [6, 6.07) is 0. The van der Waals surface area contributed by atoms with Gasteiger partial charge in [0.15, 0.2) is 0 Å². The van der Waals surface area contributed by atoms with Gasteiger partial charge in [-0.25, -0.2) is 0 Å². The maximum Gasteiger partial charge on any atom is -0.0290 e. The predicted octanol–water partition coefficient (Wildman–Crippen LogP) is 4.02. The van der Waals surface area contributed by atoms with Gasteiger partial charge in [-0.2, -0.15) is 0 Å². The molecule has 0 aliphatic carbocycles. The molecule has 0 heteroatoms. The molecule has 0 fully saturated rings. The van der Waals surface area contributed by atoms with Gasteiger partial charge in [0.05, 0.1) is 0 Å². The fourth-order valence-corrected chi connectivity index (χ4v) is 1.01. The van der Waals surface area contributed by atoms with Crippen LogP contribution >= 0.6 is 0 Å². The maximum absolute atomic E-state index is 2.31. The standard InChI is InChI=1S/C11H22/c1-10(2)8-6-5-7-9-11(3)4/h6,8,10-11H,5,7,9H2,1-4H3/b8-6-. The summed E-state index contributed by atoms with van der Waals surface area (Å²) in [5.41, 5.74) is 0. The zero-order valence-electron chi connectivity index (χ0n) is 8.43. The molecule has 0 nitrogen and oxygen atoms in total. The Morgan fingerprint density at radius 1 is 1.09 bits per heavy atom. The van der Waals surface area contributed by atoms with Crippen LogP contribution in [-0.4, -0.2) is 0 Å². The summed E-state index contributed by atoms with van der Waals surface area (Å²) in [5.74, 6) is 1.58. The van der Waals surface area contributed by atoms with Crippen molar-refractivity contribution >= 4 is 0 Å². The molecular weight excluding hydrogens is 132 g/mol. The van der Waals surface area contributed by atoms with Crippen LogP contribution in [0.15, 0.2) is 12.2 Å². The Kier molecular flexibility index (Phi) is 6.30. The summed E-state index contributed by atoms with van der Waals surface area (Å²) in [6.45, 7) is 9.01. The van der Waals surface area contributed by atoms with E-state index in [1.807, 2.05) is 0 Å². The van der Waals surface area contributed by atoms with Crippen LogP contribution < -0.4 is 0 Å². The Labute approximate surface area is 71.7 Å².